The van der Waals surface area contributed by atoms with Crippen LogP contribution >= 0.6 is 11.6 Å². The minimum atomic E-state index is -0.597. The van der Waals surface area contributed by atoms with Gasteiger partial charge >= 0.3 is 0 Å². The monoisotopic (exact) mass is 498 g/mol. The molecule has 0 radical (unpaired) electrons. The Hall–Kier alpha value is -2.04. The van der Waals surface area contributed by atoms with Crippen LogP contribution < -0.4 is 10.2 Å². The summed E-state index contributed by atoms with van der Waals surface area (Å²) in [5.41, 5.74) is 0.0132. The summed E-state index contributed by atoms with van der Waals surface area (Å²) in [6.45, 7) is 6.00. The normalized spacial score (nSPS) is 20.6. The second-order valence-electron chi connectivity index (χ2n) is 9.84. The summed E-state index contributed by atoms with van der Waals surface area (Å²) in [6, 6.07) is 0.251. The molecule has 2 fully saturated rings. The third-order valence-corrected chi connectivity index (χ3v) is 7.23. The van der Waals surface area contributed by atoms with Crippen molar-refractivity contribution in [2.24, 2.45) is 17.8 Å². The maximum atomic E-state index is 15.4. The number of aromatic nitrogens is 2. The Kier molecular flexibility index (Phi) is 9.44. The molecule has 2 aliphatic rings. The number of nitrogens with one attached hydrogen (secondary N) is 1. The van der Waals surface area contributed by atoms with E-state index >= 15 is 4.39 Å². The first kappa shape index (κ1) is 26.6. The summed E-state index contributed by atoms with van der Waals surface area (Å²) < 4.78 is 15.4. The number of rotatable bonds is 10. The van der Waals surface area contributed by atoms with E-state index in [1.54, 1.807) is 0 Å². The average molecular weight is 499 g/mol. The summed E-state index contributed by atoms with van der Waals surface area (Å²) in [6.07, 6.45) is 5.13. The van der Waals surface area contributed by atoms with Gasteiger partial charge < -0.3 is 10.2 Å². The van der Waals surface area contributed by atoms with E-state index in [0.717, 1.165) is 32.2 Å². The van der Waals surface area contributed by atoms with Gasteiger partial charge in [-0.15, -0.1) is 0 Å². The van der Waals surface area contributed by atoms with Gasteiger partial charge in [-0.05, 0) is 36.9 Å². The van der Waals surface area contributed by atoms with Gasteiger partial charge in [0.05, 0.1) is 19.0 Å². The Morgan fingerprint density at radius 3 is 2.68 bits per heavy atom. The summed E-state index contributed by atoms with van der Waals surface area (Å²) >= 11 is 6.13. The Bertz CT molecular complexity index is 854. The summed E-state index contributed by atoms with van der Waals surface area (Å²) in [5.74, 6) is -0.640. The number of likely N-dealkylation sites (N-methyl/N-ethyl adjacent to an activating group) is 1. The van der Waals surface area contributed by atoms with Crippen molar-refractivity contribution in [1.82, 2.24) is 25.2 Å². The van der Waals surface area contributed by atoms with Crippen molar-refractivity contribution in [3.63, 3.8) is 0 Å². The summed E-state index contributed by atoms with van der Waals surface area (Å²) in [7, 11) is 2.06. The Morgan fingerprint density at radius 1 is 1.32 bits per heavy atom. The molecule has 0 spiro atoms. The highest BCUT2D eigenvalue weighted by atomic mass is 35.5. The molecule has 1 aliphatic heterocycles. The minimum absolute atomic E-state index is 0.0132. The van der Waals surface area contributed by atoms with Crippen LogP contribution in [0, 0.1) is 23.6 Å². The molecule has 2 atom stereocenters. The lowest BCUT2D eigenvalue weighted by atomic mass is 9.92. The van der Waals surface area contributed by atoms with E-state index in [1.807, 2.05) is 4.90 Å². The molecule has 11 heteroatoms. The molecule has 3 rings (SSSR count). The fraction of sp³-hybridized carbons (Fsp3) is 0.739. The van der Waals surface area contributed by atoms with Gasteiger partial charge in [0.2, 0.25) is 17.6 Å². The number of hydrogen-bond acceptors (Lipinski definition) is 7. The molecular formula is C23H36ClFN6O3. The van der Waals surface area contributed by atoms with Crippen molar-refractivity contribution < 1.29 is 19.2 Å². The van der Waals surface area contributed by atoms with Crippen LogP contribution in [-0.2, 0) is 16.1 Å². The SMILES string of the molecule is CC(C)[C@H]1CN(c2nc(Cl)nc(CNC(=O)[C@H](CC3CCCC3)CN(O)C=O)c2F)CCN1C. The molecule has 0 bridgehead atoms. The van der Waals surface area contributed by atoms with Gasteiger partial charge in [0.15, 0.2) is 11.6 Å². The zero-order valence-corrected chi connectivity index (χ0v) is 21.0. The number of carbonyl (C=O) groups excluding carboxylic acids is 2. The van der Waals surface area contributed by atoms with Crippen LogP contribution in [0.5, 0.6) is 0 Å². The number of nitrogens with zero attached hydrogens (tertiary/aromatic N) is 5. The van der Waals surface area contributed by atoms with E-state index in [0.29, 0.717) is 36.4 Å². The molecule has 1 aromatic heterocycles. The highest BCUT2D eigenvalue weighted by Crippen LogP contribution is 2.31. The van der Waals surface area contributed by atoms with Gasteiger partial charge in [0.1, 0.15) is 5.69 Å². The van der Waals surface area contributed by atoms with Crippen LogP contribution in [0.1, 0.15) is 51.6 Å². The number of anilines is 1. The molecule has 190 valence electrons. The predicted molar refractivity (Wildman–Crippen MR) is 127 cm³/mol. The molecular weight excluding hydrogens is 463 g/mol. The standard InChI is InChI=1S/C23H36ClFN6O3/c1-15(2)19-13-30(9-8-29(19)3)21-20(25)18(27-23(24)28-21)11-26-22(33)17(12-31(34)14-32)10-16-6-4-5-7-16/h14-17,19,34H,4-13H2,1-3H3,(H,26,33)/t17-,19-/m1/s1. The van der Waals surface area contributed by atoms with E-state index in [-0.39, 0.29) is 48.2 Å². The number of hydroxylamine groups is 2. The molecule has 9 nitrogen and oxygen atoms in total. The molecule has 2 heterocycles. The van der Waals surface area contributed by atoms with E-state index in [9.17, 15) is 14.8 Å². The number of halogens is 2. The van der Waals surface area contributed by atoms with E-state index in [2.05, 4.69) is 41.1 Å². The van der Waals surface area contributed by atoms with Gasteiger partial charge in [-0.2, -0.15) is 4.98 Å². The van der Waals surface area contributed by atoms with Crippen molar-refractivity contribution in [3.8, 4) is 0 Å². The first-order valence-electron chi connectivity index (χ1n) is 12.0. The molecule has 2 amide bonds. The van der Waals surface area contributed by atoms with Gasteiger partial charge in [-0.25, -0.2) is 14.4 Å². The first-order valence-corrected chi connectivity index (χ1v) is 12.4. The lowest BCUT2D eigenvalue weighted by Crippen LogP contribution is -2.54. The fourth-order valence-corrected chi connectivity index (χ4v) is 5.27. The van der Waals surface area contributed by atoms with Gasteiger partial charge in [0, 0.05) is 25.7 Å². The van der Waals surface area contributed by atoms with E-state index < -0.39 is 11.7 Å². The van der Waals surface area contributed by atoms with Crippen LogP contribution in [-0.4, -0.2) is 76.7 Å². The molecule has 2 N–H and O–H groups in total. The number of piperazine rings is 1. The van der Waals surface area contributed by atoms with Crippen molar-refractivity contribution in [2.75, 3.05) is 38.1 Å². The molecule has 0 unspecified atom stereocenters. The van der Waals surface area contributed by atoms with Crippen LogP contribution in [0.3, 0.4) is 0 Å². The van der Waals surface area contributed by atoms with Crippen LogP contribution in [0.15, 0.2) is 0 Å². The maximum Gasteiger partial charge on any atom is 0.233 e. The zero-order chi connectivity index (χ0) is 24.8. The first-order chi connectivity index (χ1) is 16.2. The predicted octanol–water partition coefficient (Wildman–Crippen LogP) is 2.71. The van der Waals surface area contributed by atoms with Gasteiger partial charge in [-0.3, -0.25) is 19.7 Å². The highest BCUT2D eigenvalue weighted by Gasteiger charge is 2.31. The molecule has 1 saturated heterocycles. The Morgan fingerprint density at radius 2 is 2.03 bits per heavy atom. The Balaban J connectivity index is 1.71. The van der Waals surface area contributed by atoms with Gasteiger partial charge in [0.25, 0.3) is 0 Å². The number of carbonyl (C=O) groups is 2. The Labute approximate surface area is 205 Å². The molecule has 1 aromatic rings. The average Bonchev–Trinajstić information content (AvgIpc) is 3.32. The topological polar surface area (TPSA) is 102 Å². The largest absolute Gasteiger partial charge is 0.351 e. The van der Waals surface area contributed by atoms with Crippen molar-refractivity contribution in [3.05, 3.63) is 16.8 Å². The van der Waals surface area contributed by atoms with Crippen molar-refractivity contribution >= 4 is 29.7 Å². The molecule has 1 aliphatic carbocycles. The van der Waals surface area contributed by atoms with E-state index in [4.69, 9.17) is 11.6 Å². The minimum Gasteiger partial charge on any atom is -0.351 e. The third kappa shape index (κ3) is 6.76. The highest BCUT2D eigenvalue weighted by molar-refractivity contribution is 6.28. The molecule has 0 aromatic carbocycles. The second-order valence-corrected chi connectivity index (χ2v) is 10.2. The van der Waals surface area contributed by atoms with E-state index in [1.165, 1.54) is 0 Å². The smallest absolute Gasteiger partial charge is 0.233 e. The lowest BCUT2D eigenvalue weighted by molar-refractivity contribution is -0.155. The summed E-state index contributed by atoms with van der Waals surface area (Å²) in [4.78, 5) is 36.1. The molecule has 34 heavy (non-hydrogen) atoms. The van der Waals surface area contributed by atoms with Crippen molar-refractivity contribution in [2.45, 2.75) is 58.5 Å². The zero-order valence-electron chi connectivity index (χ0n) is 20.2. The maximum absolute atomic E-state index is 15.4. The fourth-order valence-electron chi connectivity index (χ4n) is 5.09. The van der Waals surface area contributed by atoms with Gasteiger partial charge in [-0.1, -0.05) is 39.5 Å². The quantitative estimate of drug-likeness (QED) is 0.221. The summed E-state index contributed by atoms with van der Waals surface area (Å²) in [5, 5.41) is 12.8. The van der Waals surface area contributed by atoms with Crippen LogP contribution in [0.4, 0.5) is 10.2 Å². The lowest BCUT2D eigenvalue weighted by Gasteiger charge is -2.42. The number of amides is 2. The van der Waals surface area contributed by atoms with Crippen LogP contribution in [0.2, 0.25) is 5.28 Å². The second kappa shape index (κ2) is 12.1. The van der Waals surface area contributed by atoms with Crippen molar-refractivity contribution in [1.29, 1.82) is 0 Å². The molecule has 1 saturated carbocycles. The van der Waals surface area contributed by atoms with Crippen LogP contribution in [0.25, 0.3) is 0 Å². The number of hydrogen-bond donors (Lipinski definition) is 2. The third-order valence-electron chi connectivity index (χ3n) is 7.06.